The first-order valence-corrected chi connectivity index (χ1v) is 13.4. The van der Waals surface area contributed by atoms with Gasteiger partial charge in [-0.25, -0.2) is 4.79 Å². The number of rotatable bonds is 10. The largest absolute Gasteiger partial charge is 0.481 e. The summed E-state index contributed by atoms with van der Waals surface area (Å²) >= 11 is 0. The molecule has 0 saturated carbocycles. The molecule has 5 rings (SSSR count). The summed E-state index contributed by atoms with van der Waals surface area (Å²) in [5.41, 5.74) is 5.49. The van der Waals surface area contributed by atoms with Gasteiger partial charge in [-0.05, 0) is 34.9 Å². The lowest BCUT2D eigenvalue weighted by molar-refractivity contribution is -0.142. The van der Waals surface area contributed by atoms with Crippen LogP contribution in [0.15, 0.2) is 78.9 Å². The Morgan fingerprint density at radius 2 is 1.57 bits per heavy atom. The maximum Gasteiger partial charge on any atom is 0.407 e. The number of fused-ring (bicyclic) bond motifs is 3. The fraction of sp³-hybridized carbons (Fsp3) is 0.323. The van der Waals surface area contributed by atoms with E-state index in [0.717, 1.165) is 27.8 Å². The Kier molecular flexibility index (Phi) is 8.42. The summed E-state index contributed by atoms with van der Waals surface area (Å²) < 4.78 is 11.0. The number of hydrogen-bond donors (Lipinski definition) is 3. The first kappa shape index (κ1) is 27.4. The van der Waals surface area contributed by atoms with Gasteiger partial charge in [-0.2, -0.15) is 0 Å². The van der Waals surface area contributed by atoms with E-state index in [1.807, 2.05) is 78.7 Å². The van der Waals surface area contributed by atoms with E-state index < -0.39 is 36.0 Å². The molecule has 3 atom stereocenters. The second-order valence-corrected chi connectivity index (χ2v) is 10.3. The van der Waals surface area contributed by atoms with Crippen LogP contribution in [0.4, 0.5) is 4.79 Å². The van der Waals surface area contributed by atoms with Crippen LogP contribution < -0.4 is 10.6 Å². The van der Waals surface area contributed by atoms with Gasteiger partial charge in [-0.3, -0.25) is 14.5 Å². The van der Waals surface area contributed by atoms with Gasteiger partial charge in [0.2, 0.25) is 5.91 Å². The number of hydrogen-bond acceptors (Lipinski definition) is 6. The minimum absolute atomic E-state index is 0.0265. The van der Waals surface area contributed by atoms with Crippen molar-refractivity contribution in [1.29, 1.82) is 0 Å². The van der Waals surface area contributed by atoms with E-state index >= 15 is 0 Å². The number of alkyl carbamates (subject to hydrolysis) is 1. The van der Waals surface area contributed by atoms with E-state index in [4.69, 9.17) is 9.47 Å². The number of nitrogens with zero attached hydrogens (tertiary/aromatic N) is 1. The molecule has 0 spiro atoms. The molecule has 9 nitrogen and oxygen atoms in total. The number of nitrogens with one attached hydrogen (secondary N) is 2. The van der Waals surface area contributed by atoms with Crippen LogP contribution in [0.5, 0.6) is 0 Å². The second-order valence-electron chi connectivity index (χ2n) is 10.3. The molecule has 3 aromatic carbocycles. The van der Waals surface area contributed by atoms with Gasteiger partial charge in [-0.15, -0.1) is 0 Å². The number of carboxylic acid groups (broad SMARTS) is 1. The highest BCUT2D eigenvalue weighted by atomic mass is 16.5. The van der Waals surface area contributed by atoms with Crippen LogP contribution in [-0.4, -0.2) is 73.5 Å². The minimum atomic E-state index is -1.04. The van der Waals surface area contributed by atoms with Crippen molar-refractivity contribution in [3.8, 4) is 11.1 Å². The molecule has 3 N–H and O–H groups in total. The Morgan fingerprint density at radius 1 is 0.950 bits per heavy atom. The highest BCUT2D eigenvalue weighted by Gasteiger charge is 2.37. The molecule has 2 amide bonds. The highest BCUT2D eigenvalue weighted by molar-refractivity contribution is 5.87. The highest BCUT2D eigenvalue weighted by Crippen LogP contribution is 2.44. The molecule has 0 bridgehead atoms. The van der Waals surface area contributed by atoms with Gasteiger partial charge in [0.15, 0.2) is 0 Å². The molecule has 1 fully saturated rings. The Bertz CT molecular complexity index is 1320. The summed E-state index contributed by atoms with van der Waals surface area (Å²) in [7, 11) is 1.85. The van der Waals surface area contributed by atoms with Crippen molar-refractivity contribution in [3.05, 3.63) is 95.6 Å². The summed E-state index contributed by atoms with van der Waals surface area (Å²) in [6.07, 6.45) is -0.715. The zero-order valence-corrected chi connectivity index (χ0v) is 22.3. The first-order chi connectivity index (χ1) is 19.4. The summed E-state index contributed by atoms with van der Waals surface area (Å²) in [4.78, 5) is 39.9. The third kappa shape index (κ3) is 6.16. The lowest BCUT2D eigenvalue weighted by Crippen LogP contribution is -2.55. The predicted molar refractivity (Wildman–Crippen MR) is 149 cm³/mol. The average Bonchev–Trinajstić information content (AvgIpc) is 3.54. The lowest BCUT2D eigenvalue weighted by atomic mass is 9.98. The fourth-order valence-electron chi connectivity index (χ4n) is 5.47. The van der Waals surface area contributed by atoms with Gasteiger partial charge in [0.1, 0.15) is 18.6 Å². The second kappa shape index (κ2) is 12.3. The molecule has 3 unspecified atom stereocenters. The molecule has 0 radical (unpaired) electrons. The van der Waals surface area contributed by atoms with Crippen LogP contribution in [0.2, 0.25) is 0 Å². The number of aliphatic carboxylic acids is 1. The Labute approximate surface area is 233 Å². The molecule has 1 aliphatic carbocycles. The monoisotopic (exact) mass is 543 g/mol. The molecular weight excluding hydrogens is 510 g/mol. The third-order valence-corrected chi connectivity index (χ3v) is 7.47. The van der Waals surface area contributed by atoms with Gasteiger partial charge in [0.05, 0.1) is 19.3 Å². The van der Waals surface area contributed by atoms with Crippen molar-refractivity contribution in [2.75, 3.05) is 33.4 Å². The zero-order valence-electron chi connectivity index (χ0n) is 22.3. The summed E-state index contributed by atoms with van der Waals surface area (Å²) in [5, 5.41) is 15.0. The molecular formula is C31H33N3O6. The normalized spacial score (nSPS) is 18.6. The number of carbonyl (C=O) groups is 3. The fourth-order valence-corrected chi connectivity index (χ4v) is 5.47. The summed E-state index contributed by atoms with van der Waals surface area (Å²) in [6, 6.07) is 24.3. The van der Waals surface area contributed by atoms with Crippen molar-refractivity contribution in [2.24, 2.45) is 5.92 Å². The van der Waals surface area contributed by atoms with E-state index in [-0.39, 0.29) is 32.3 Å². The SMILES string of the molecule is CN(Cc1ccccc1)CC(NC(=O)OCC1c2ccccc2-c2ccccc21)C(=O)NC1COCC1C(=O)O. The average molecular weight is 544 g/mol. The maximum atomic E-state index is 13.3. The molecule has 40 heavy (non-hydrogen) atoms. The number of ether oxygens (including phenoxy) is 2. The molecule has 1 aliphatic heterocycles. The van der Waals surface area contributed by atoms with Gasteiger partial charge >= 0.3 is 12.1 Å². The van der Waals surface area contributed by atoms with E-state index in [1.54, 1.807) is 0 Å². The van der Waals surface area contributed by atoms with Crippen molar-refractivity contribution >= 4 is 18.0 Å². The van der Waals surface area contributed by atoms with Gasteiger partial charge in [-0.1, -0.05) is 78.9 Å². The van der Waals surface area contributed by atoms with Crippen molar-refractivity contribution in [1.82, 2.24) is 15.5 Å². The Balaban J connectivity index is 1.26. The van der Waals surface area contributed by atoms with E-state index in [1.165, 1.54) is 0 Å². The Hall–Kier alpha value is -4.21. The van der Waals surface area contributed by atoms with Gasteiger partial charge in [0, 0.05) is 19.0 Å². The van der Waals surface area contributed by atoms with Crippen LogP contribution in [-0.2, 0) is 25.6 Å². The standard InChI is InChI=1S/C31H33N3O6/c1-34(15-20-9-3-2-4-10-20)16-27(29(35)32-28-19-39-17-26(28)30(36)37)33-31(38)40-18-25-23-13-7-5-11-21(23)22-12-6-8-14-24(22)25/h2-14,25-28H,15-19H2,1H3,(H,32,35)(H,33,38)(H,36,37). The van der Waals surface area contributed by atoms with Gasteiger partial charge in [0.25, 0.3) is 0 Å². The summed E-state index contributed by atoms with van der Waals surface area (Å²) in [6.45, 7) is 0.988. The minimum Gasteiger partial charge on any atom is -0.481 e. The molecule has 1 saturated heterocycles. The third-order valence-electron chi connectivity index (χ3n) is 7.47. The van der Waals surface area contributed by atoms with Crippen molar-refractivity contribution in [2.45, 2.75) is 24.5 Å². The van der Waals surface area contributed by atoms with Crippen LogP contribution in [0, 0.1) is 5.92 Å². The molecule has 2 aliphatic rings. The smallest absolute Gasteiger partial charge is 0.407 e. The Morgan fingerprint density at radius 3 is 2.23 bits per heavy atom. The molecule has 9 heteroatoms. The summed E-state index contributed by atoms with van der Waals surface area (Å²) in [5.74, 6) is -2.49. The predicted octanol–water partition coefficient (Wildman–Crippen LogP) is 3.24. The number of amides is 2. The van der Waals surface area contributed by atoms with Crippen LogP contribution in [0.3, 0.4) is 0 Å². The number of benzene rings is 3. The van der Waals surface area contributed by atoms with E-state index in [9.17, 15) is 19.5 Å². The number of carbonyl (C=O) groups excluding carboxylic acids is 2. The lowest BCUT2D eigenvalue weighted by Gasteiger charge is -2.26. The maximum absolute atomic E-state index is 13.3. The first-order valence-electron chi connectivity index (χ1n) is 13.4. The number of likely N-dealkylation sites (N-methyl/N-ethyl adjacent to an activating group) is 1. The van der Waals surface area contributed by atoms with E-state index in [0.29, 0.717) is 6.54 Å². The molecule has 0 aromatic heterocycles. The molecule has 1 heterocycles. The van der Waals surface area contributed by atoms with E-state index in [2.05, 4.69) is 22.8 Å². The zero-order chi connectivity index (χ0) is 28.1. The molecule has 208 valence electrons. The number of carboxylic acids is 1. The van der Waals surface area contributed by atoms with Gasteiger partial charge < -0.3 is 25.2 Å². The van der Waals surface area contributed by atoms with Crippen LogP contribution >= 0.6 is 0 Å². The molecule has 3 aromatic rings. The van der Waals surface area contributed by atoms with Crippen LogP contribution in [0.25, 0.3) is 11.1 Å². The van der Waals surface area contributed by atoms with Crippen molar-refractivity contribution in [3.63, 3.8) is 0 Å². The quantitative estimate of drug-likeness (QED) is 0.359. The van der Waals surface area contributed by atoms with Crippen LogP contribution in [0.1, 0.15) is 22.6 Å². The van der Waals surface area contributed by atoms with Crippen molar-refractivity contribution < 1.29 is 29.0 Å². The topological polar surface area (TPSA) is 117 Å².